The lowest BCUT2D eigenvalue weighted by Gasteiger charge is -2.29. The molecule has 2 N–H and O–H groups in total. The van der Waals surface area contributed by atoms with Crippen molar-refractivity contribution < 1.29 is 14.3 Å². The van der Waals surface area contributed by atoms with Crippen LogP contribution >= 0.6 is 11.8 Å². The van der Waals surface area contributed by atoms with Crippen LogP contribution in [-0.4, -0.2) is 61.5 Å². The van der Waals surface area contributed by atoms with Gasteiger partial charge in [-0.15, -0.1) is 0 Å². The van der Waals surface area contributed by atoms with Gasteiger partial charge in [-0.1, -0.05) is 24.3 Å². The number of hydrogen-bond donors (Lipinski definition) is 2. The Kier molecular flexibility index (Phi) is 8.25. The first-order chi connectivity index (χ1) is 12.6. The SMILES string of the molecule is Cc1ccccc1CSC[C@H](NC(=O)N1CCOCC1)C(=O)NCC#N. The predicted molar refractivity (Wildman–Crippen MR) is 101 cm³/mol. The third-order valence-corrected chi connectivity index (χ3v) is 5.14. The van der Waals surface area contributed by atoms with Crippen LogP contribution in [0.2, 0.25) is 0 Å². The molecule has 0 saturated carbocycles. The lowest BCUT2D eigenvalue weighted by molar-refractivity contribution is -0.122. The van der Waals surface area contributed by atoms with Crippen LogP contribution in [0.5, 0.6) is 0 Å². The zero-order valence-corrected chi connectivity index (χ0v) is 15.7. The summed E-state index contributed by atoms with van der Waals surface area (Å²) < 4.78 is 5.24. The van der Waals surface area contributed by atoms with Crippen molar-refractivity contribution in [3.63, 3.8) is 0 Å². The summed E-state index contributed by atoms with van der Waals surface area (Å²) in [5.74, 6) is 0.842. The molecular weight excluding hydrogens is 352 g/mol. The number of carbonyl (C=O) groups is 2. The first kappa shape index (κ1) is 20.1. The molecule has 0 bridgehead atoms. The van der Waals surface area contributed by atoms with E-state index in [0.717, 1.165) is 5.75 Å². The number of benzene rings is 1. The molecular formula is C18H24N4O3S. The average Bonchev–Trinajstić information content (AvgIpc) is 2.67. The van der Waals surface area contributed by atoms with Crippen LogP contribution in [0.25, 0.3) is 0 Å². The summed E-state index contributed by atoms with van der Waals surface area (Å²) in [5, 5.41) is 14.0. The minimum absolute atomic E-state index is 0.0782. The van der Waals surface area contributed by atoms with Crippen molar-refractivity contribution in [2.75, 3.05) is 38.6 Å². The Hall–Kier alpha value is -2.24. The molecule has 2 rings (SSSR count). The van der Waals surface area contributed by atoms with Gasteiger partial charge in [-0.2, -0.15) is 17.0 Å². The number of aryl methyl sites for hydroxylation is 1. The molecule has 1 aromatic rings. The fraction of sp³-hybridized carbons (Fsp3) is 0.500. The number of nitriles is 1. The Labute approximate surface area is 158 Å². The second-order valence-corrected chi connectivity index (χ2v) is 6.95. The van der Waals surface area contributed by atoms with E-state index in [0.29, 0.717) is 32.1 Å². The van der Waals surface area contributed by atoms with E-state index in [2.05, 4.69) is 16.7 Å². The predicted octanol–water partition coefficient (Wildman–Crippen LogP) is 1.28. The highest BCUT2D eigenvalue weighted by atomic mass is 32.2. The molecule has 1 saturated heterocycles. The van der Waals surface area contributed by atoms with Gasteiger partial charge in [0.25, 0.3) is 0 Å². The number of morpholine rings is 1. The Balaban J connectivity index is 1.92. The van der Waals surface area contributed by atoms with Crippen LogP contribution in [0, 0.1) is 18.3 Å². The Bertz CT molecular complexity index is 656. The van der Waals surface area contributed by atoms with Gasteiger partial charge in [0.1, 0.15) is 12.6 Å². The van der Waals surface area contributed by atoms with Gasteiger partial charge in [-0.05, 0) is 18.1 Å². The number of carbonyl (C=O) groups excluding carboxylic acids is 2. The molecule has 0 radical (unpaired) electrons. The Morgan fingerprint density at radius 1 is 1.35 bits per heavy atom. The maximum absolute atomic E-state index is 12.4. The lowest BCUT2D eigenvalue weighted by atomic mass is 10.1. The summed E-state index contributed by atoms with van der Waals surface area (Å²) in [5.41, 5.74) is 2.40. The molecule has 3 amide bonds. The third kappa shape index (κ3) is 6.24. The topological polar surface area (TPSA) is 94.5 Å². The van der Waals surface area contributed by atoms with Crippen molar-refractivity contribution in [2.24, 2.45) is 0 Å². The highest BCUT2D eigenvalue weighted by Gasteiger charge is 2.24. The molecule has 1 aromatic carbocycles. The quantitative estimate of drug-likeness (QED) is 0.699. The van der Waals surface area contributed by atoms with Crippen molar-refractivity contribution in [2.45, 2.75) is 18.7 Å². The highest BCUT2D eigenvalue weighted by Crippen LogP contribution is 2.17. The minimum atomic E-state index is -0.687. The van der Waals surface area contributed by atoms with Crippen molar-refractivity contribution >= 4 is 23.7 Å². The van der Waals surface area contributed by atoms with Crippen molar-refractivity contribution in [3.05, 3.63) is 35.4 Å². The fourth-order valence-electron chi connectivity index (χ4n) is 2.50. The van der Waals surface area contributed by atoms with Gasteiger partial charge in [0.15, 0.2) is 0 Å². The second-order valence-electron chi connectivity index (χ2n) is 5.92. The van der Waals surface area contributed by atoms with Crippen LogP contribution < -0.4 is 10.6 Å². The maximum Gasteiger partial charge on any atom is 0.318 e. The van der Waals surface area contributed by atoms with Crippen molar-refractivity contribution in [3.8, 4) is 6.07 Å². The number of hydrogen-bond acceptors (Lipinski definition) is 5. The molecule has 0 unspecified atom stereocenters. The van der Waals surface area contributed by atoms with Gasteiger partial charge in [-0.25, -0.2) is 4.79 Å². The lowest BCUT2D eigenvalue weighted by Crippen LogP contribution is -2.54. The number of amides is 3. The number of nitrogens with zero attached hydrogens (tertiary/aromatic N) is 2. The molecule has 140 valence electrons. The van der Waals surface area contributed by atoms with Crippen molar-refractivity contribution in [1.82, 2.24) is 15.5 Å². The molecule has 0 spiro atoms. The smallest absolute Gasteiger partial charge is 0.318 e. The standard InChI is InChI=1S/C18H24N4O3S/c1-14-4-2-3-5-15(14)12-26-13-16(17(23)20-7-6-19)21-18(24)22-8-10-25-11-9-22/h2-5,16H,7-13H2,1H3,(H,20,23)(H,21,24)/t16-/m0/s1. The van der Waals surface area contributed by atoms with E-state index in [4.69, 9.17) is 10.00 Å². The molecule has 7 nitrogen and oxygen atoms in total. The summed E-state index contributed by atoms with van der Waals surface area (Å²) >= 11 is 1.58. The molecule has 1 fully saturated rings. The van der Waals surface area contributed by atoms with Crippen LogP contribution in [0.1, 0.15) is 11.1 Å². The summed E-state index contributed by atoms with van der Waals surface area (Å²) in [7, 11) is 0. The maximum atomic E-state index is 12.4. The average molecular weight is 376 g/mol. The van der Waals surface area contributed by atoms with Gasteiger partial charge >= 0.3 is 6.03 Å². The summed E-state index contributed by atoms with van der Waals surface area (Å²) in [6.45, 7) is 3.99. The molecule has 0 aromatic heterocycles. The number of urea groups is 1. The normalized spacial score (nSPS) is 15.0. The number of rotatable bonds is 7. The zero-order chi connectivity index (χ0) is 18.8. The van der Waals surface area contributed by atoms with Crippen molar-refractivity contribution in [1.29, 1.82) is 5.26 Å². The first-order valence-electron chi connectivity index (χ1n) is 8.52. The van der Waals surface area contributed by atoms with E-state index in [1.54, 1.807) is 16.7 Å². The first-order valence-corrected chi connectivity index (χ1v) is 9.67. The van der Waals surface area contributed by atoms with E-state index >= 15 is 0 Å². The van der Waals surface area contributed by atoms with Gasteiger partial charge in [0, 0.05) is 24.6 Å². The van der Waals surface area contributed by atoms with E-state index < -0.39 is 6.04 Å². The number of thioether (sulfide) groups is 1. The van der Waals surface area contributed by atoms with Crippen LogP contribution in [0.3, 0.4) is 0 Å². The minimum Gasteiger partial charge on any atom is -0.378 e. The van der Waals surface area contributed by atoms with Gasteiger partial charge < -0.3 is 20.3 Å². The highest BCUT2D eigenvalue weighted by molar-refractivity contribution is 7.98. The van der Waals surface area contributed by atoms with Crippen LogP contribution in [0.15, 0.2) is 24.3 Å². The fourth-order valence-corrected chi connectivity index (χ4v) is 3.63. The van der Waals surface area contributed by atoms with Gasteiger partial charge in [0.2, 0.25) is 5.91 Å². The second kappa shape index (κ2) is 10.7. The molecule has 26 heavy (non-hydrogen) atoms. The van der Waals surface area contributed by atoms with Crippen LogP contribution in [0.4, 0.5) is 4.79 Å². The molecule has 1 atom stereocenters. The third-order valence-electron chi connectivity index (χ3n) is 4.06. The molecule has 1 aliphatic rings. The van der Waals surface area contributed by atoms with Crippen LogP contribution in [-0.2, 0) is 15.3 Å². The van der Waals surface area contributed by atoms with E-state index in [1.807, 2.05) is 31.2 Å². The number of ether oxygens (including phenoxy) is 1. The van der Waals surface area contributed by atoms with E-state index in [1.165, 1.54) is 11.1 Å². The Morgan fingerprint density at radius 3 is 2.77 bits per heavy atom. The summed E-state index contributed by atoms with van der Waals surface area (Å²) in [4.78, 5) is 26.3. The van der Waals surface area contributed by atoms with E-state index in [9.17, 15) is 9.59 Å². The summed E-state index contributed by atoms with van der Waals surface area (Å²) in [6, 6.07) is 9.00. The Morgan fingerprint density at radius 2 is 2.08 bits per heavy atom. The number of nitrogens with one attached hydrogen (secondary N) is 2. The van der Waals surface area contributed by atoms with Gasteiger partial charge in [-0.3, -0.25) is 4.79 Å². The molecule has 0 aliphatic carbocycles. The molecule has 1 aliphatic heterocycles. The monoisotopic (exact) mass is 376 g/mol. The molecule has 8 heteroatoms. The summed E-state index contributed by atoms with van der Waals surface area (Å²) in [6.07, 6.45) is 0. The van der Waals surface area contributed by atoms with Gasteiger partial charge in [0.05, 0.1) is 19.3 Å². The van der Waals surface area contributed by atoms with E-state index in [-0.39, 0.29) is 18.5 Å². The molecule has 1 heterocycles. The zero-order valence-electron chi connectivity index (χ0n) is 14.9. The largest absolute Gasteiger partial charge is 0.378 e.